The fourth-order valence-corrected chi connectivity index (χ4v) is 4.36. The molecule has 2 aromatic rings. The maximum Gasteiger partial charge on any atom is 0.241 e. The standard InChI is InChI=1S/C22H30ClN5O2/c23-18-9-7-17(8-10-18)22-25-21(30-26-22)16-28-13-11-27(12-14-28)15-20(29)24-19-5-3-1-2-4-6-19/h7-10,19H,1-6,11-16H2,(H,24,29). The Morgan fingerprint density at radius 3 is 2.40 bits per heavy atom. The van der Waals surface area contributed by atoms with Crippen molar-refractivity contribution in [1.82, 2.24) is 25.3 Å². The summed E-state index contributed by atoms with van der Waals surface area (Å²) in [7, 11) is 0. The molecule has 1 aliphatic heterocycles. The highest BCUT2D eigenvalue weighted by molar-refractivity contribution is 6.30. The molecule has 7 nitrogen and oxygen atoms in total. The number of hydrogen-bond donors (Lipinski definition) is 1. The molecule has 0 radical (unpaired) electrons. The number of halogens is 1. The zero-order chi connectivity index (χ0) is 20.8. The van der Waals surface area contributed by atoms with Gasteiger partial charge in [-0.2, -0.15) is 4.98 Å². The van der Waals surface area contributed by atoms with Crippen molar-refractivity contribution in [3.63, 3.8) is 0 Å². The normalized spacial score (nSPS) is 19.5. The first-order valence-electron chi connectivity index (χ1n) is 11.0. The lowest BCUT2D eigenvalue weighted by Gasteiger charge is -2.33. The average molecular weight is 432 g/mol. The molecule has 0 spiro atoms. The van der Waals surface area contributed by atoms with Gasteiger partial charge in [-0.05, 0) is 37.1 Å². The third-order valence-electron chi connectivity index (χ3n) is 5.98. The van der Waals surface area contributed by atoms with Crippen LogP contribution in [-0.4, -0.2) is 64.6 Å². The van der Waals surface area contributed by atoms with Crippen LogP contribution in [0.1, 0.15) is 44.4 Å². The second-order valence-electron chi connectivity index (χ2n) is 8.33. The Morgan fingerprint density at radius 1 is 1.03 bits per heavy atom. The van der Waals surface area contributed by atoms with Gasteiger partial charge < -0.3 is 9.84 Å². The number of piperazine rings is 1. The Morgan fingerprint density at radius 2 is 1.70 bits per heavy atom. The maximum atomic E-state index is 12.4. The van der Waals surface area contributed by atoms with Gasteiger partial charge in [0, 0.05) is 42.8 Å². The van der Waals surface area contributed by atoms with Crippen molar-refractivity contribution in [2.75, 3.05) is 32.7 Å². The Hall–Kier alpha value is -1.96. The number of nitrogens with one attached hydrogen (secondary N) is 1. The molecule has 162 valence electrons. The predicted octanol–water partition coefficient (Wildman–Crippen LogP) is 3.35. The van der Waals surface area contributed by atoms with Crippen molar-refractivity contribution >= 4 is 17.5 Å². The summed E-state index contributed by atoms with van der Waals surface area (Å²) >= 11 is 5.93. The van der Waals surface area contributed by atoms with Gasteiger partial charge >= 0.3 is 0 Å². The van der Waals surface area contributed by atoms with E-state index in [0.717, 1.165) is 44.6 Å². The molecule has 1 saturated heterocycles. The minimum absolute atomic E-state index is 0.167. The van der Waals surface area contributed by atoms with E-state index in [2.05, 4.69) is 25.3 Å². The molecule has 2 heterocycles. The maximum absolute atomic E-state index is 12.4. The SMILES string of the molecule is O=C(CN1CCN(Cc2nc(-c3ccc(Cl)cc3)no2)CC1)NC1CCCCCC1. The highest BCUT2D eigenvalue weighted by Gasteiger charge is 2.22. The van der Waals surface area contributed by atoms with E-state index < -0.39 is 0 Å². The number of amides is 1. The van der Waals surface area contributed by atoms with Crippen LogP contribution in [0.15, 0.2) is 28.8 Å². The number of rotatable bonds is 6. The van der Waals surface area contributed by atoms with Gasteiger partial charge in [-0.25, -0.2) is 0 Å². The zero-order valence-corrected chi connectivity index (χ0v) is 18.1. The largest absolute Gasteiger partial charge is 0.352 e. The van der Waals surface area contributed by atoms with Crippen LogP contribution in [-0.2, 0) is 11.3 Å². The van der Waals surface area contributed by atoms with Crippen LogP contribution in [0.2, 0.25) is 5.02 Å². The van der Waals surface area contributed by atoms with E-state index in [1.807, 2.05) is 24.3 Å². The molecule has 1 amide bonds. The van der Waals surface area contributed by atoms with E-state index in [0.29, 0.717) is 35.9 Å². The first-order chi connectivity index (χ1) is 14.7. The van der Waals surface area contributed by atoms with Gasteiger partial charge in [-0.1, -0.05) is 42.4 Å². The van der Waals surface area contributed by atoms with Crippen molar-refractivity contribution < 1.29 is 9.32 Å². The summed E-state index contributed by atoms with van der Waals surface area (Å²) in [5, 5.41) is 8.01. The molecule has 30 heavy (non-hydrogen) atoms. The van der Waals surface area contributed by atoms with Crippen molar-refractivity contribution in [3.8, 4) is 11.4 Å². The van der Waals surface area contributed by atoms with E-state index in [1.54, 1.807) is 0 Å². The van der Waals surface area contributed by atoms with E-state index in [1.165, 1.54) is 25.7 Å². The summed E-state index contributed by atoms with van der Waals surface area (Å²) in [5.41, 5.74) is 0.888. The van der Waals surface area contributed by atoms with Crippen LogP contribution in [0.5, 0.6) is 0 Å². The quantitative estimate of drug-likeness (QED) is 0.707. The monoisotopic (exact) mass is 431 g/mol. The second-order valence-corrected chi connectivity index (χ2v) is 8.76. The van der Waals surface area contributed by atoms with Crippen LogP contribution in [0, 0.1) is 0 Å². The minimum Gasteiger partial charge on any atom is -0.352 e. The van der Waals surface area contributed by atoms with Gasteiger partial charge in [0.1, 0.15) is 0 Å². The highest BCUT2D eigenvalue weighted by atomic mass is 35.5. The van der Waals surface area contributed by atoms with Crippen LogP contribution in [0.3, 0.4) is 0 Å². The van der Waals surface area contributed by atoms with E-state index >= 15 is 0 Å². The summed E-state index contributed by atoms with van der Waals surface area (Å²) in [6.45, 7) is 4.63. The van der Waals surface area contributed by atoms with Crippen molar-refractivity contribution in [3.05, 3.63) is 35.2 Å². The Kier molecular flexibility index (Phi) is 7.36. The van der Waals surface area contributed by atoms with Gasteiger partial charge in [0.25, 0.3) is 0 Å². The van der Waals surface area contributed by atoms with Crippen molar-refractivity contribution in [2.45, 2.75) is 51.1 Å². The third kappa shape index (κ3) is 6.03. The Bertz CT molecular complexity index is 809. The topological polar surface area (TPSA) is 74.5 Å². The van der Waals surface area contributed by atoms with Gasteiger partial charge in [0.2, 0.25) is 17.6 Å². The Labute approximate surface area is 182 Å². The molecule has 0 unspecified atom stereocenters. The van der Waals surface area contributed by atoms with Crippen LogP contribution >= 0.6 is 11.6 Å². The van der Waals surface area contributed by atoms with E-state index in [-0.39, 0.29) is 5.91 Å². The lowest BCUT2D eigenvalue weighted by Crippen LogP contribution is -2.50. The molecule has 4 rings (SSSR count). The van der Waals surface area contributed by atoms with Crippen molar-refractivity contribution in [2.24, 2.45) is 0 Å². The van der Waals surface area contributed by atoms with E-state index in [4.69, 9.17) is 16.1 Å². The lowest BCUT2D eigenvalue weighted by atomic mass is 10.1. The number of carbonyl (C=O) groups is 1. The van der Waals surface area contributed by atoms with Gasteiger partial charge in [-0.3, -0.25) is 14.6 Å². The molecule has 2 aliphatic rings. The molecule has 0 atom stereocenters. The lowest BCUT2D eigenvalue weighted by molar-refractivity contribution is -0.123. The summed E-state index contributed by atoms with van der Waals surface area (Å²) in [6.07, 6.45) is 7.33. The van der Waals surface area contributed by atoms with Crippen LogP contribution in [0.4, 0.5) is 0 Å². The molecule has 0 bridgehead atoms. The molecule has 1 saturated carbocycles. The van der Waals surface area contributed by atoms with Crippen LogP contribution in [0.25, 0.3) is 11.4 Å². The summed E-state index contributed by atoms with van der Waals surface area (Å²) in [4.78, 5) is 21.4. The molecule has 1 aliphatic carbocycles. The predicted molar refractivity (Wildman–Crippen MR) is 116 cm³/mol. The minimum atomic E-state index is 0.167. The van der Waals surface area contributed by atoms with Gasteiger partial charge in [0.05, 0.1) is 13.1 Å². The molecular formula is C22H30ClN5O2. The molecular weight excluding hydrogens is 402 g/mol. The second kappa shape index (κ2) is 10.4. The van der Waals surface area contributed by atoms with Crippen molar-refractivity contribution in [1.29, 1.82) is 0 Å². The molecule has 2 fully saturated rings. The molecule has 1 aromatic heterocycles. The third-order valence-corrected chi connectivity index (χ3v) is 6.23. The molecule has 1 N–H and O–H groups in total. The smallest absolute Gasteiger partial charge is 0.241 e. The number of carbonyl (C=O) groups excluding carboxylic acids is 1. The average Bonchev–Trinajstić information content (AvgIpc) is 3.05. The number of aromatic nitrogens is 2. The molecule has 1 aromatic carbocycles. The number of nitrogens with zero attached hydrogens (tertiary/aromatic N) is 4. The first kappa shape index (κ1) is 21.3. The fourth-order valence-electron chi connectivity index (χ4n) is 4.23. The van der Waals surface area contributed by atoms with Crippen LogP contribution < -0.4 is 5.32 Å². The first-order valence-corrected chi connectivity index (χ1v) is 11.4. The number of hydrogen-bond acceptors (Lipinski definition) is 6. The summed E-state index contributed by atoms with van der Waals surface area (Å²) in [6, 6.07) is 7.77. The van der Waals surface area contributed by atoms with Gasteiger partial charge in [0.15, 0.2) is 0 Å². The molecule has 8 heteroatoms. The highest BCUT2D eigenvalue weighted by Crippen LogP contribution is 2.20. The zero-order valence-electron chi connectivity index (χ0n) is 17.4. The number of benzene rings is 1. The van der Waals surface area contributed by atoms with Gasteiger partial charge in [-0.15, -0.1) is 0 Å². The summed E-state index contributed by atoms with van der Waals surface area (Å²) in [5.74, 6) is 1.36. The Balaban J connectivity index is 1.20. The van der Waals surface area contributed by atoms with E-state index in [9.17, 15) is 4.79 Å². The fraction of sp³-hybridized carbons (Fsp3) is 0.591. The summed E-state index contributed by atoms with van der Waals surface area (Å²) < 4.78 is 5.42.